The van der Waals surface area contributed by atoms with Crippen molar-refractivity contribution in [1.82, 2.24) is 15.5 Å². The number of amides is 1. The van der Waals surface area contributed by atoms with E-state index in [1.54, 1.807) is 6.92 Å². The van der Waals surface area contributed by atoms with E-state index in [1.165, 1.54) is 4.90 Å². The van der Waals surface area contributed by atoms with Gasteiger partial charge in [0.05, 0.1) is 5.92 Å². The van der Waals surface area contributed by atoms with Crippen molar-refractivity contribution >= 4 is 5.91 Å². The number of nitrogens with zero attached hydrogens (tertiary/aromatic N) is 1. The van der Waals surface area contributed by atoms with Crippen LogP contribution in [-0.4, -0.2) is 55.7 Å². The van der Waals surface area contributed by atoms with Crippen LogP contribution in [0.3, 0.4) is 0 Å². The third kappa shape index (κ3) is 5.44. The number of hydrogen-bond donors (Lipinski definition) is 2. The van der Waals surface area contributed by atoms with Gasteiger partial charge in [-0.15, -0.1) is 0 Å². The van der Waals surface area contributed by atoms with Crippen LogP contribution in [0.1, 0.15) is 30.9 Å². The minimum Gasteiger partial charge on any atom is -0.354 e. The predicted molar refractivity (Wildman–Crippen MR) is 91.5 cm³/mol. The third-order valence-corrected chi connectivity index (χ3v) is 4.72. The third-order valence-electron chi connectivity index (χ3n) is 4.72. The van der Waals surface area contributed by atoms with Crippen LogP contribution in [0.15, 0.2) is 24.3 Å². The number of carbonyl (C=O) groups excluding carboxylic acids is 1. The molecule has 7 heteroatoms. The smallest absolute Gasteiger partial charge is 0.354 e. The molecule has 1 fully saturated rings. The molecular formula is C18H26F3N3O. The van der Waals surface area contributed by atoms with Crippen molar-refractivity contribution in [3.8, 4) is 0 Å². The van der Waals surface area contributed by atoms with Crippen LogP contribution in [0.5, 0.6) is 0 Å². The summed E-state index contributed by atoms with van der Waals surface area (Å²) in [6, 6.07) is 5.96. The molecule has 1 heterocycles. The number of carbonyl (C=O) groups is 1. The summed E-state index contributed by atoms with van der Waals surface area (Å²) in [5.74, 6) is -0.864. The van der Waals surface area contributed by atoms with E-state index in [-0.39, 0.29) is 5.91 Å². The molecule has 2 atom stereocenters. The molecule has 140 valence electrons. The van der Waals surface area contributed by atoms with Gasteiger partial charge in [0.15, 0.2) is 0 Å². The first kappa shape index (κ1) is 19.7. The molecule has 0 spiro atoms. The minimum atomic E-state index is -4.36. The van der Waals surface area contributed by atoms with Crippen LogP contribution in [0.2, 0.25) is 0 Å². The first-order valence-electron chi connectivity index (χ1n) is 8.71. The van der Waals surface area contributed by atoms with Crippen molar-refractivity contribution in [2.75, 3.05) is 32.7 Å². The number of rotatable bonds is 6. The van der Waals surface area contributed by atoms with Crippen molar-refractivity contribution in [3.05, 3.63) is 35.4 Å². The maximum absolute atomic E-state index is 13.3. The van der Waals surface area contributed by atoms with E-state index in [0.29, 0.717) is 26.2 Å². The Bertz CT molecular complexity index is 554. The number of aryl methyl sites for hydroxylation is 1. The van der Waals surface area contributed by atoms with Crippen molar-refractivity contribution in [2.24, 2.45) is 0 Å². The van der Waals surface area contributed by atoms with Crippen LogP contribution < -0.4 is 10.6 Å². The molecule has 2 unspecified atom stereocenters. The summed E-state index contributed by atoms with van der Waals surface area (Å²) in [6.45, 7) is 5.05. The van der Waals surface area contributed by atoms with E-state index in [1.807, 2.05) is 31.2 Å². The van der Waals surface area contributed by atoms with Crippen molar-refractivity contribution in [1.29, 1.82) is 0 Å². The fraction of sp³-hybridized carbons (Fsp3) is 0.611. The molecule has 25 heavy (non-hydrogen) atoms. The van der Waals surface area contributed by atoms with Gasteiger partial charge in [-0.25, -0.2) is 0 Å². The molecule has 1 aliphatic heterocycles. The van der Waals surface area contributed by atoms with Gasteiger partial charge >= 0.3 is 6.18 Å². The Morgan fingerprint density at radius 3 is 2.36 bits per heavy atom. The number of benzene rings is 1. The second-order valence-corrected chi connectivity index (χ2v) is 6.41. The number of alkyl halides is 3. The number of halogens is 3. The van der Waals surface area contributed by atoms with E-state index in [0.717, 1.165) is 17.5 Å². The highest BCUT2D eigenvalue weighted by Crippen LogP contribution is 2.25. The van der Waals surface area contributed by atoms with Gasteiger partial charge in [-0.2, -0.15) is 13.2 Å². The first-order chi connectivity index (χ1) is 11.8. The second kappa shape index (κ2) is 8.67. The van der Waals surface area contributed by atoms with Gasteiger partial charge < -0.3 is 10.6 Å². The first-order valence-corrected chi connectivity index (χ1v) is 8.71. The highest BCUT2D eigenvalue weighted by Gasteiger charge is 2.43. The highest BCUT2D eigenvalue weighted by molar-refractivity contribution is 5.83. The summed E-state index contributed by atoms with van der Waals surface area (Å²) < 4.78 is 40.0. The number of nitrogens with one attached hydrogen (secondary N) is 2. The van der Waals surface area contributed by atoms with Crippen molar-refractivity contribution in [3.63, 3.8) is 0 Å². The second-order valence-electron chi connectivity index (χ2n) is 6.41. The van der Waals surface area contributed by atoms with Gasteiger partial charge in [0.2, 0.25) is 5.91 Å². The Labute approximate surface area is 146 Å². The van der Waals surface area contributed by atoms with Crippen molar-refractivity contribution in [2.45, 2.75) is 38.4 Å². The monoisotopic (exact) mass is 357 g/mol. The molecule has 2 N–H and O–H groups in total. The Morgan fingerprint density at radius 1 is 1.24 bits per heavy atom. The lowest BCUT2D eigenvalue weighted by Crippen LogP contribution is -2.57. The maximum Gasteiger partial charge on any atom is 0.405 e. The zero-order valence-electron chi connectivity index (χ0n) is 14.7. The predicted octanol–water partition coefficient (Wildman–Crippen LogP) is 2.30. The Morgan fingerprint density at radius 2 is 1.84 bits per heavy atom. The molecule has 2 rings (SSSR count). The topological polar surface area (TPSA) is 44.4 Å². The van der Waals surface area contributed by atoms with E-state index in [2.05, 4.69) is 10.6 Å². The quantitative estimate of drug-likeness (QED) is 0.821. The van der Waals surface area contributed by atoms with Gasteiger partial charge in [-0.05, 0) is 24.5 Å². The number of piperazine rings is 1. The molecule has 1 aromatic rings. The zero-order valence-corrected chi connectivity index (χ0v) is 14.7. The molecule has 1 aliphatic rings. The van der Waals surface area contributed by atoms with E-state index >= 15 is 0 Å². The van der Waals surface area contributed by atoms with Gasteiger partial charge in [0, 0.05) is 32.7 Å². The molecule has 0 aromatic heterocycles. The van der Waals surface area contributed by atoms with Gasteiger partial charge in [-0.3, -0.25) is 9.69 Å². The molecule has 1 aromatic carbocycles. The lowest BCUT2D eigenvalue weighted by atomic mass is 9.98. The Balaban J connectivity index is 1.97. The van der Waals surface area contributed by atoms with Gasteiger partial charge in [0.1, 0.15) is 6.04 Å². The number of hydrogen-bond acceptors (Lipinski definition) is 3. The van der Waals surface area contributed by atoms with Crippen LogP contribution in [-0.2, 0) is 11.2 Å². The molecule has 1 amide bonds. The molecule has 0 saturated carbocycles. The fourth-order valence-electron chi connectivity index (χ4n) is 2.99. The van der Waals surface area contributed by atoms with Gasteiger partial charge in [-0.1, -0.05) is 31.2 Å². The van der Waals surface area contributed by atoms with Crippen molar-refractivity contribution < 1.29 is 18.0 Å². The van der Waals surface area contributed by atoms with Crippen LogP contribution in [0.25, 0.3) is 0 Å². The lowest BCUT2D eigenvalue weighted by molar-refractivity contribution is -0.184. The summed E-state index contributed by atoms with van der Waals surface area (Å²) in [5.41, 5.74) is 1.97. The molecule has 1 saturated heterocycles. The van der Waals surface area contributed by atoms with E-state index in [4.69, 9.17) is 0 Å². The fourth-order valence-corrected chi connectivity index (χ4v) is 2.99. The summed E-state index contributed by atoms with van der Waals surface area (Å²) in [7, 11) is 0. The summed E-state index contributed by atoms with van der Waals surface area (Å²) >= 11 is 0. The summed E-state index contributed by atoms with van der Waals surface area (Å²) in [4.78, 5) is 13.7. The van der Waals surface area contributed by atoms with E-state index < -0.39 is 24.7 Å². The summed E-state index contributed by atoms with van der Waals surface area (Å²) in [6.07, 6.45) is -3.46. The van der Waals surface area contributed by atoms with Gasteiger partial charge in [0.25, 0.3) is 0 Å². The highest BCUT2D eigenvalue weighted by atomic mass is 19.4. The Hall–Kier alpha value is -1.60. The maximum atomic E-state index is 13.3. The zero-order chi connectivity index (χ0) is 18.4. The molecule has 0 bridgehead atoms. The molecule has 0 aliphatic carbocycles. The van der Waals surface area contributed by atoms with Crippen LogP contribution >= 0.6 is 0 Å². The van der Waals surface area contributed by atoms with Crippen LogP contribution in [0, 0.1) is 0 Å². The summed E-state index contributed by atoms with van der Waals surface area (Å²) in [5, 5.41) is 5.53. The largest absolute Gasteiger partial charge is 0.405 e. The Kier molecular flexibility index (Phi) is 6.84. The van der Waals surface area contributed by atoms with E-state index in [9.17, 15) is 18.0 Å². The standard InChI is InChI=1S/C18H26F3N3O/c1-3-14-4-6-15(7-5-14)13(2)17(25)23-12-16(18(19,20)21)24-10-8-22-9-11-24/h4-7,13,16,22H,3,8-12H2,1-2H3,(H,23,25). The normalized spacial score (nSPS) is 18.6. The molecular weight excluding hydrogens is 331 g/mol. The van der Waals surface area contributed by atoms with Crippen LogP contribution in [0.4, 0.5) is 13.2 Å². The average Bonchev–Trinajstić information content (AvgIpc) is 2.61. The average molecular weight is 357 g/mol. The molecule has 0 radical (unpaired) electrons. The SMILES string of the molecule is CCc1ccc(C(C)C(=O)NCC(N2CCNCC2)C(F)(F)F)cc1. The molecule has 4 nitrogen and oxygen atoms in total. The minimum absolute atomic E-state index is 0.327. The lowest BCUT2D eigenvalue weighted by Gasteiger charge is -2.36.